The predicted octanol–water partition coefficient (Wildman–Crippen LogP) is 2.16. The van der Waals surface area contributed by atoms with Gasteiger partial charge >= 0.3 is 0 Å². The zero-order valence-electron chi connectivity index (χ0n) is 11.1. The van der Waals surface area contributed by atoms with Gasteiger partial charge in [-0.1, -0.05) is 18.5 Å². The lowest BCUT2D eigenvalue weighted by molar-refractivity contribution is 0.597. The van der Waals surface area contributed by atoms with Crippen molar-refractivity contribution in [3.05, 3.63) is 16.5 Å². The zero-order chi connectivity index (χ0) is 14.0. The summed E-state index contributed by atoms with van der Waals surface area (Å²) in [5.74, 6) is 2.08. The Morgan fingerprint density at radius 2 is 2.05 bits per heavy atom. The second-order valence-corrected chi connectivity index (χ2v) is 7.61. The van der Waals surface area contributed by atoms with Gasteiger partial charge in [0.15, 0.2) is 9.84 Å². The SMILES string of the molecule is CCS(=O)(=O)CCNc1nc(C2CC2)nc(Cl)c1C. The highest BCUT2D eigenvalue weighted by Crippen LogP contribution is 2.39. The Morgan fingerprint density at radius 3 is 2.63 bits per heavy atom. The predicted molar refractivity (Wildman–Crippen MR) is 76.6 cm³/mol. The molecule has 0 aromatic carbocycles. The molecule has 1 aliphatic rings. The van der Waals surface area contributed by atoms with E-state index in [1.54, 1.807) is 6.92 Å². The van der Waals surface area contributed by atoms with E-state index in [2.05, 4.69) is 15.3 Å². The second kappa shape index (κ2) is 5.63. The minimum Gasteiger partial charge on any atom is -0.369 e. The van der Waals surface area contributed by atoms with Crippen molar-refractivity contribution in [2.75, 3.05) is 23.4 Å². The highest BCUT2D eigenvalue weighted by atomic mass is 35.5. The lowest BCUT2D eigenvalue weighted by Gasteiger charge is -2.11. The first-order valence-electron chi connectivity index (χ1n) is 6.41. The van der Waals surface area contributed by atoms with Crippen LogP contribution in [0.25, 0.3) is 0 Å². The Balaban J connectivity index is 2.07. The summed E-state index contributed by atoms with van der Waals surface area (Å²) in [7, 11) is -2.97. The van der Waals surface area contributed by atoms with Crippen molar-refractivity contribution in [3.63, 3.8) is 0 Å². The van der Waals surface area contributed by atoms with Crippen LogP contribution in [-0.2, 0) is 9.84 Å². The minimum atomic E-state index is -2.97. The van der Waals surface area contributed by atoms with Gasteiger partial charge in [-0.15, -0.1) is 0 Å². The molecule has 1 aromatic rings. The molecular formula is C12H18ClN3O2S. The fourth-order valence-electron chi connectivity index (χ4n) is 1.67. The van der Waals surface area contributed by atoms with Crippen molar-refractivity contribution in [1.29, 1.82) is 0 Å². The Kier molecular flexibility index (Phi) is 4.30. The Bertz CT molecular complexity index is 571. The van der Waals surface area contributed by atoms with Crippen molar-refractivity contribution in [2.24, 2.45) is 0 Å². The number of halogens is 1. The molecule has 0 amide bonds. The van der Waals surface area contributed by atoms with Crippen LogP contribution in [0.1, 0.15) is 37.1 Å². The molecule has 0 radical (unpaired) electrons. The van der Waals surface area contributed by atoms with Crippen LogP contribution >= 0.6 is 11.6 Å². The zero-order valence-corrected chi connectivity index (χ0v) is 12.7. The van der Waals surface area contributed by atoms with Crippen LogP contribution in [0, 0.1) is 6.92 Å². The summed E-state index contributed by atoms with van der Waals surface area (Å²) in [5, 5.41) is 3.49. The topological polar surface area (TPSA) is 72.0 Å². The maximum Gasteiger partial charge on any atom is 0.151 e. The van der Waals surface area contributed by atoms with Crippen LogP contribution in [-0.4, -0.2) is 36.4 Å². The standard InChI is InChI=1S/C12H18ClN3O2S/c1-3-19(17,18)7-6-14-11-8(2)10(13)15-12(16-11)9-4-5-9/h9H,3-7H2,1-2H3,(H,14,15,16). The Hall–Kier alpha value is -0.880. The van der Waals surface area contributed by atoms with E-state index in [0.29, 0.717) is 23.4 Å². The fraction of sp³-hybridized carbons (Fsp3) is 0.667. The molecule has 2 rings (SSSR count). The Labute approximate surface area is 118 Å². The van der Waals surface area contributed by atoms with Crippen molar-refractivity contribution in [1.82, 2.24) is 9.97 Å². The average Bonchev–Trinajstić information content (AvgIpc) is 3.18. The van der Waals surface area contributed by atoms with E-state index >= 15 is 0 Å². The molecule has 106 valence electrons. The van der Waals surface area contributed by atoms with Crippen molar-refractivity contribution >= 4 is 27.3 Å². The van der Waals surface area contributed by atoms with Gasteiger partial charge in [0, 0.05) is 23.8 Å². The lowest BCUT2D eigenvalue weighted by atomic mass is 10.3. The van der Waals surface area contributed by atoms with Gasteiger partial charge in [0.2, 0.25) is 0 Å². The Morgan fingerprint density at radius 1 is 1.37 bits per heavy atom. The summed E-state index contributed by atoms with van der Waals surface area (Å²) in [5.41, 5.74) is 0.764. The first-order chi connectivity index (χ1) is 8.93. The van der Waals surface area contributed by atoms with Gasteiger partial charge in [0.05, 0.1) is 5.75 Å². The summed E-state index contributed by atoms with van der Waals surface area (Å²) >= 11 is 6.08. The first-order valence-corrected chi connectivity index (χ1v) is 8.61. The molecule has 0 saturated heterocycles. The molecule has 1 fully saturated rings. The number of aromatic nitrogens is 2. The molecule has 0 aliphatic heterocycles. The first kappa shape index (κ1) is 14.5. The molecule has 0 unspecified atom stereocenters. The van der Waals surface area contributed by atoms with Crippen molar-refractivity contribution in [2.45, 2.75) is 32.6 Å². The van der Waals surface area contributed by atoms with Crippen LogP contribution in [0.4, 0.5) is 5.82 Å². The van der Waals surface area contributed by atoms with Gasteiger partial charge < -0.3 is 5.32 Å². The van der Waals surface area contributed by atoms with E-state index in [0.717, 1.165) is 24.2 Å². The number of sulfone groups is 1. The number of hydrogen-bond acceptors (Lipinski definition) is 5. The summed E-state index contributed by atoms with van der Waals surface area (Å²) in [4.78, 5) is 8.70. The van der Waals surface area contributed by atoms with E-state index in [4.69, 9.17) is 11.6 Å². The summed E-state index contributed by atoms with van der Waals surface area (Å²) < 4.78 is 22.9. The molecule has 1 aromatic heterocycles. The smallest absolute Gasteiger partial charge is 0.151 e. The van der Waals surface area contributed by atoms with Crippen LogP contribution in [0.2, 0.25) is 5.15 Å². The quantitative estimate of drug-likeness (QED) is 0.815. The normalized spacial score (nSPS) is 15.5. The van der Waals surface area contributed by atoms with Crippen molar-refractivity contribution < 1.29 is 8.42 Å². The molecule has 1 N–H and O–H groups in total. The number of nitrogens with zero attached hydrogens (tertiary/aromatic N) is 2. The minimum absolute atomic E-state index is 0.101. The summed E-state index contributed by atoms with van der Waals surface area (Å²) in [6, 6.07) is 0. The highest BCUT2D eigenvalue weighted by Gasteiger charge is 2.28. The van der Waals surface area contributed by atoms with E-state index in [-0.39, 0.29) is 11.5 Å². The maximum absolute atomic E-state index is 11.4. The molecule has 0 spiro atoms. The molecular weight excluding hydrogens is 286 g/mol. The molecule has 1 saturated carbocycles. The molecule has 5 nitrogen and oxygen atoms in total. The third-order valence-electron chi connectivity index (χ3n) is 3.19. The molecule has 19 heavy (non-hydrogen) atoms. The van der Waals surface area contributed by atoms with E-state index < -0.39 is 9.84 Å². The monoisotopic (exact) mass is 303 g/mol. The van der Waals surface area contributed by atoms with Crippen molar-refractivity contribution in [3.8, 4) is 0 Å². The number of anilines is 1. The summed E-state index contributed by atoms with van der Waals surface area (Å²) in [6.45, 7) is 3.82. The van der Waals surface area contributed by atoms with Crippen LogP contribution in [0.3, 0.4) is 0 Å². The number of hydrogen-bond donors (Lipinski definition) is 1. The number of nitrogens with one attached hydrogen (secondary N) is 1. The molecule has 0 atom stereocenters. The van der Waals surface area contributed by atoms with E-state index in [1.165, 1.54) is 0 Å². The van der Waals surface area contributed by atoms with Gasteiger partial charge in [-0.25, -0.2) is 18.4 Å². The van der Waals surface area contributed by atoms with Crippen LogP contribution < -0.4 is 5.32 Å². The van der Waals surface area contributed by atoms with E-state index in [9.17, 15) is 8.42 Å². The van der Waals surface area contributed by atoms with Gasteiger partial charge in [0.1, 0.15) is 16.8 Å². The highest BCUT2D eigenvalue weighted by molar-refractivity contribution is 7.91. The third kappa shape index (κ3) is 3.79. The van der Waals surface area contributed by atoms with E-state index in [1.807, 2.05) is 6.92 Å². The maximum atomic E-state index is 11.4. The summed E-state index contributed by atoms with van der Waals surface area (Å²) in [6.07, 6.45) is 2.20. The third-order valence-corrected chi connectivity index (χ3v) is 5.27. The van der Waals surface area contributed by atoms with Gasteiger partial charge in [-0.3, -0.25) is 0 Å². The molecule has 0 bridgehead atoms. The fourth-order valence-corrected chi connectivity index (χ4v) is 2.55. The van der Waals surface area contributed by atoms with Crippen LogP contribution in [0.5, 0.6) is 0 Å². The second-order valence-electron chi connectivity index (χ2n) is 4.78. The van der Waals surface area contributed by atoms with Crippen LogP contribution in [0.15, 0.2) is 0 Å². The van der Waals surface area contributed by atoms with Gasteiger partial charge in [-0.05, 0) is 19.8 Å². The van der Waals surface area contributed by atoms with Gasteiger partial charge in [-0.2, -0.15) is 0 Å². The molecule has 7 heteroatoms. The molecule has 1 aliphatic carbocycles. The lowest BCUT2D eigenvalue weighted by Crippen LogP contribution is -2.18. The number of rotatable bonds is 6. The van der Waals surface area contributed by atoms with Gasteiger partial charge in [0.25, 0.3) is 0 Å². The molecule has 1 heterocycles. The largest absolute Gasteiger partial charge is 0.369 e. The average molecular weight is 304 g/mol.